The fourth-order valence-electron chi connectivity index (χ4n) is 2.03. The van der Waals surface area contributed by atoms with Gasteiger partial charge in [0.15, 0.2) is 0 Å². The highest BCUT2D eigenvalue weighted by Crippen LogP contribution is 2.52. The lowest BCUT2D eigenvalue weighted by atomic mass is 10.1. The Bertz CT molecular complexity index is 417. The van der Waals surface area contributed by atoms with E-state index in [0.29, 0.717) is 23.8 Å². The molecule has 0 aromatic heterocycles. The minimum Gasteiger partial charge on any atom is -0.491 e. The largest absolute Gasteiger partial charge is 0.491 e. The van der Waals surface area contributed by atoms with Crippen LogP contribution in [0.25, 0.3) is 0 Å². The summed E-state index contributed by atoms with van der Waals surface area (Å²) in [5.74, 6) is 0.451. The second-order valence-corrected chi connectivity index (χ2v) is 4.53. The molecular weight excluding hydrogens is 283 g/mol. The van der Waals surface area contributed by atoms with Crippen LogP contribution in [0.3, 0.4) is 0 Å². The number of alkyl halides is 1. The highest BCUT2D eigenvalue weighted by molar-refractivity contribution is 6.31. The van der Waals surface area contributed by atoms with Crippen LogP contribution in [-0.4, -0.2) is 19.8 Å². The van der Waals surface area contributed by atoms with Crippen molar-refractivity contribution >= 4 is 24.0 Å². The van der Waals surface area contributed by atoms with Crippen LogP contribution >= 0.6 is 24.0 Å². The van der Waals surface area contributed by atoms with Gasteiger partial charge in [-0.15, -0.1) is 12.4 Å². The van der Waals surface area contributed by atoms with Gasteiger partial charge in [-0.3, -0.25) is 0 Å². The number of rotatable bonds is 5. The van der Waals surface area contributed by atoms with Crippen LogP contribution in [-0.2, 0) is 0 Å². The van der Waals surface area contributed by atoms with Gasteiger partial charge in [-0.2, -0.15) is 0 Å². The van der Waals surface area contributed by atoms with Crippen molar-refractivity contribution in [3.8, 4) is 5.75 Å². The molecule has 6 heteroatoms. The minimum atomic E-state index is -0.584. The summed E-state index contributed by atoms with van der Waals surface area (Å²) >= 11 is 5.95. The maximum Gasteiger partial charge on any atom is 0.142 e. The number of halogens is 4. The van der Waals surface area contributed by atoms with Crippen LogP contribution < -0.4 is 10.5 Å². The molecule has 1 aliphatic rings. The summed E-state index contributed by atoms with van der Waals surface area (Å²) in [6.45, 7) is -0.0888. The molecule has 2 rings (SSSR count). The van der Waals surface area contributed by atoms with Crippen molar-refractivity contribution in [3.05, 3.63) is 28.5 Å². The van der Waals surface area contributed by atoms with E-state index in [0.717, 1.165) is 6.42 Å². The molecule has 2 N–H and O–H groups in total. The SMILES string of the molecule is Cl.NCC1CC1c1c(OCCF)ccc(F)c1Cl. The Morgan fingerprint density at radius 3 is 2.72 bits per heavy atom. The van der Waals surface area contributed by atoms with Crippen molar-refractivity contribution < 1.29 is 13.5 Å². The zero-order valence-corrected chi connectivity index (χ0v) is 11.2. The van der Waals surface area contributed by atoms with Crippen LogP contribution in [0.2, 0.25) is 5.02 Å². The Morgan fingerprint density at radius 2 is 2.17 bits per heavy atom. The van der Waals surface area contributed by atoms with E-state index in [2.05, 4.69) is 0 Å². The first-order valence-corrected chi connectivity index (χ1v) is 5.93. The van der Waals surface area contributed by atoms with E-state index in [-0.39, 0.29) is 30.0 Å². The summed E-state index contributed by atoms with van der Waals surface area (Å²) in [6, 6.07) is 2.73. The molecule has 0 heterocycles. The average Bonchev–Trinajstić information content (AvgIpc) is 3.09. The predicted octanol–water partition coefficient (Wildman–Crippen LogP) is 3.31. The van der Waals surface area contributed by atoms with Crippen molar-refractivity contribution in [2.45, 2.75) is 12.3 Å². The van der Waals surface area contributed by atoms with Crippen LogP contribution in [0.15, 0.2) is 12.1 Å². The second-order valence-electron chi connectivity index (χ2n) is 4.15. The van der Waals surface area contributed by atoms with Crippen LogP contribution in [0.1, 0.15) is 17.9 Å². The monoisotopic (exact) mass is 297 g/mol. The Balaban J connectivity index is 0.00000162. The molecule has 18 heavy (non-hydrogen) atoms. The molecular formula is C12H15Cl2F2NO. The highest BCUT2D eigenvalue weighted by Gasteiger charge is 2.40. The first kappa shape index (κ1) is 15.5. The van der Waals surface area contributed by atoms with Crippen molar-refractivity contribution in [3.63, 3.8) is 0 Å². The topological polar surface area (TPSA) is 35.2 Å². The number of benzene rings is 1. The molecule has 0 bridgehead atoms. The Morgan fingerprint density at radius 1 is 1.44 bits per heavy atom. The third-order valence-corrected chi connectivity index (χ3v) is 3.41. The molecule has 102 valence electrons. The molecule has 0 spiro atoms. The fourth-order valence-corrected chi connectivity index (χ4v) is 2.33. The van der Waals surface area contributed by atoms with E-state index in [9.17, 15) is 8.78 Å². The second kappa shape index (κ2) is 6.55. The van der Waals surface area contributed by atoms with Gasteiger partial charge in [0.25, 0.3) is 0 Å². The van der Waals surface area contributed by atoms with Crippen LogP contribution in [0.4, 0.5) is 8.78 Å². The molecule has 1 aromatic rings. The van der Waals surface area contributed by atoms with E-state index in [1.54, 1.807) is 0 Å². The number of ether oxygens (including phenoxy) is 1. The quantitative estimate of drug-likeness (QED) is 0.905. The number of nitrogens with two attached hydrogens (primary N) is 1. The normalized spacial score (nSPS) is 21.3. The molecule has 1 aliphatic carbocycles. The summed E-state index contributed by atoms with van der Waals surface area (Å²) in [5, 5.41) is 0.0716. The number of hydrogen-bond donors (Lipinski definition) is 1. The molecule has 2 nitrogen and oxygen atoms in total. The third-order valence-electron chi connectivity index (χ3n) is 3.02. The van der Waals surface area contributed by atoms with Gasteiger partial charge in [-0.05, 0) is 36.9 Å². The van der Waals surface area contributed by atoms with Crippen molar-refractivity contribution in [2.75, 3.05) is 19.8 Å². The molecule has 0 amide bonds. The highest BCUT2D eigenvalue weighted by atomic mass is 35.5. The maximum atomic E-state index is 13.4. The third kappa shape index (κ3) is 3.05. The Labute approximate surface area is 116 Å². The fraction of sp³-hybridized carbons (Fsp3) is 0.500. The zero-order chi connectivity index (χ0) is 12.4. The summed E-state index contributed by atoms with van der Waals surface area (Å²) < 4.78 is 30.8. The summed E-state index contributed by atoms with van der Waals surface area (Å²) in [7, 11) is 0. The van der Waals surface area contributed by atoms with Gasteiger partial charge in [-0.25, -0.2) is 8.78 Å². The molecule has 0 aliphatic heterocycles. The van der Waals surface area contributed by atoms with E-state index >= 15 is 0 Å². The Kier molecular flexibility index (Phi) is 5.63. The predicted molar refractivity (Wildman–Crippen MR) is 70.0 cm³/mol. The lowest BCUT2D eigenvalue weighted by Gasteiger charge is -2.12. The number of hydrogen-bond acceptors (Lipinski definition) is 2. The zero-order valence-electron chi connectivity index (χ0n) is 9.67. The molecule has 2 unspecified atom stereocenters. The first-order chi connectivity index (χ1) is 8.19. The summed E-state index contributed by atoms with van der Waals surface area (Å²) in [4.78, 5) is 0. The smallest absolute Gasteiger partial charge is 0.142 e. The van der Waals surface area contributed by atoms with Crippen molar-refractivity contribution in [1.82, 2.24) is 0 Å². The van der Waals surface area contributed by atoms with E-state index in [4.69, 9.17) is 22.1 Å². The van der Waals surface area contributed by atoms with E-state index < -0.39 is 12.5 Å². The lowest BCUT2D eigenvalue weighted by Crippen LogP contribution is -2.05. The molecule has 0 radical (unpaired) electrons. The van der Waals surface area contributed by atoms with Gasteiger partial charge < -0.3 is 10.5 Å². The van der Waals surface area contributed by atoms with Gasteiger partial charge >= 0.3 is 0 Å². The maximum absolute atomic E-state index is 13.4. The van der Waals surface area contributed by atoms with Gasteiger partial charge in [-0.1, -0.05) is 11.6 Å². The van der Waals surface area contributed by atoms with Crippen molar-refractivity contribution in [2.24, 2.45) is 11.7 Å². The van der Waals surface area contributed by atoms with E-state index in [1.165, 1.54) is 12.1 Å². The summed E-state index contributed by atoms with van der Waals surface area (Å²) in [6.07, 6.45) is 0.881. The lowest BCUT2D eigenvalue weighted by molar-refractivity contribution is 0.270. The van der Waals surface area contributed by atoms with Crippen LogP contribution in [0, 0.1) is 11.7 Å². The molecule has 1 aromatic carbocycles. The standard InChI is InChI=1S/C12H14ClF2NO.ClH/c13-12-9(15)1-2-10(17-4-3-14)11(12)8-5-7(8)6-16;/h1-2,7-8H,3-6,16H2;1H. The molecule has 2 atom stereocenters. The molecule has 1 saturated carbocycles. The van der Waals surface area contributed by atoms with Crippen molar-refractivity contribution in [1.29, 1.82) is 0 Å². The minimum absolute atomic E-state index is 0. The first-order valence-electron chi connectivity index (χ1n) is 5.55. The van der Waals surface area contributed by atoms with E-state index in [1.807, 2.05) is 0 Å². The van der Waals surface area contributed by atoms with Gasteiger partial charge in [0.2, 0.25) is 0 Å². The average molecular weight is 298 g/mol. The van der Waals surface area contributed by atoms with Gasteiger partial charge in [0.05, 0.1) is 5.02 Å². The summed E-state index contributed by atoms with van der Waals surface area (Å²) in [5.41, 5.74) is 6.20. The van der Waals surface area contributed by atoms with Crippen LogP contribution in [0.5, 0.6) is 5.75 Å². The molecule has 0 saturated heterocycles. The van der Waals surface area contributed by atoms with Gasteiger partial charge in [0.1, 0.15) is 24.8 Å². The molecule has 1 fully saturated rings. The van der Waals surface area contributed by atoms with Gasteiger partial charge in [0, 0.05) is 5.56 Å². The Hall–Kier alpha value is -0.580.